The Hall–Kier alpha value is -1.61. The highest BCUT2D eigenvalue weighted by Gasteiger charge is 2.36. The number of halogens is 3. The number of hydrogen-bond acceptors (Lipinski definition) is 4. The van der Waals surface area contributed by atoms with Crippen molar-refractivity contribution in [2.24, 2.45) is 5.41 Å². The fraction of sp³-hybridized carbons (Fsp3) is 0.500. The highest BCUT2D eigenvalue weighted by molar-refractivity contribution is 7.89. The summed E-state index contributed by atoms with van der Waals surface area (Å²) < 4.78 is 68.8. The van der Waals surface area contributed by atoms with Gasteiger partial charge in [0.1, 0.15) is 6.04 Å². The van der Waals surface area contributed by atoms with Gasteiger partial charge in [0.25, 0.3) is 0 Å². The van der Waals surface area contributed by atoms with Gasteiger partial charge >= 0.3 is 12.1 Å². The summed E-state index contributed by atoms with van der Waals surface area (Å²) in [5.74, 6) is -0.784. The smallest absolute Gasteiger partial charge is 0.416 e. The van der Waals surface area contributed by atoms with Gasteiger partial charge in [-0.05, 0) is 29.7 Å². The maximum Gasteiger partial charge on any atom is 0.416 e. The Labute approximate surface area is 132 Å². The van der Waals surface area contributed by atoms with Gasteiger partial charge in [0.2, 0.25) is 10.0 Å². The van der Waals surface area contributed by atoms with Gasteiger partial charge in [0.05, 0.1) is 17.6 Å². The molecule has 1 rings (SSSR count). The van der Waals surface area contributed by atoms with E-state index < -0.39 is 39.2 Å². The quantitative estimate of drug-likeness (QED) is 0.845. The average Bonchev–Trinajstić information content (AvgIpc) is 2.42. The fourth-order valence-electron chi connectivity index (χ4n) is 1.74. The van der Waals surface area contributed by atoms with Gasteiger partial charge in [-0.3, -0.25) is 4.79 Å². The van der Waals surface area contributed by atoms with Crippen LogP contribution in [0.3, 0.4) is 0 Å². The molecular formula is C14H18F3NO4S. The number of carbonyl (C=O) groups is 1. The lowest BCUT2D eigenvalue weighted by molar-refractivity contribution is -0.145. The van der Waals surface area contributed by atoms with Crippen LogP contribution in [0.1, 0.15) is 26.3 Å². The number of esters is 1. The molecule has 0 bridgehead atoms. The highest BCUT2D eigenvalue weighted by atomic mass is 32.2. The first-order valence-electron chi connectivity index (χ1n) is 6.56. The van der Waals surface area contributed by atoms with E-state index in [0.29, 0.717) is 12.1 Å². The number of carbonyl (C=O) groups excluding carboxylic acids is 1. The van der Waals surface area contributed by atoms with Crippen molar-refractivity contribution in [1.82, 2.24) is 4.72 Å². The molecule has 0 fully saturated rings. The second kappa shape index (κ2) is 6.48. The van der Waals surface area contributed by atoms with Gasteiger partial charge in [-0.2, -0.15) is 17.9 Å². The van der Waals surface area contributed by atoms with Crippen LogP contribution in [0.5, 0.6) is 0 Å². The second-order valence-corrected chi connectivity index (χ2v) is 7.68. The minimum Gasteiger partial charge on any atom is -0.468 e. The van der Waals surface area contributed by atoms with E-state index in [-0.39, 0.29) is 4.90 Å². The van der Waals surface area contributed by atoms with Gasteiger partial charge in [0.15, 0.2) is 0 Å². The summed E-state index contributed by atoms with van der Waals surface area (Å²) in [6, 6.07) is 1.82. The molecule has 0 aliphatic heterocycles. The summed E-state index contributed by atoms with van der Waals surface area (Å²) in [6.45, 7) is 4.89. The van der Waals surface area contributed by atoms with Gasteiger partial charge in [-0.15, -0.1) is 0 Å². The molecule has 0 amide bonds. The van der Waals surface area contributed by atoms with Crippen LogP contribution in [-0.4, -0.2) is 27.5 Å². The summed E-state index contributed by atoms with van der Waals surface area (Å²) in [6.07, 6.45) is -4.56. The predicted molar refractivity (Wildman–Crippen MR) is 77.0 cm³/mol. The van der Waals surface area contributed by atoms with Crippen LogP contribution < -0.4 is 4.72 Å². The number of nitrogens with one attached hydrogen (secondary N) is 1. The topological polar surface area (TPSA) is 72.5 Å². The zero-order valence-electron chi connectivity index (χ0n) is 13.1. The summed E-state index contributed by atoms with van der Waals surface area (Å²) in [4.78, 5) is 11.4. The number of sulfonamides is 1. The molecule has 0 aliphatic rings. The fourth-order valence-corrected chi connectivity index (χ4v) is 3.13. The van der Waals surface area contributed by atoms with Crippen molar-refractivity contribution in [2.75, 3.05) is 7.11 Å². The van der Waals surface area contributed by atoms with Crippen molar-refractivity contribution >= 4 is 16.0 Å². The highest BCUT2D eigenvalue weighted by Crippen LogP contribution is 2.30. The Balaban J connectivity index is 3.13. The number of hydrogen-bond donors (Lipinski definition) is 1. The maximum atomic E-state index is 12.5. The van der Waals surface area contributed by atoms with Crippen LogP contribution in [0, 0.1) is 5.41 Å². The molecule has 0 heterocycles. The molecule has 0 saturated heterocycles. The Bertz CT molecular complexity index is 661. The molecule has 0 aliphatic carbocycles. The van der Waals surface area contributed by atoms with E-state index in [1.807, 2.05) is 0 Å². The lowest BCUT2D eigenvalue weighted by Gasteiger charge is -2.28. The van der Waals surface area contributed by atoms with Crippen LogP contribution in [-0.2, 0) is 25.7 Å². The number of methoxy groups -OCH3 is 1. The van der Waals surface area contributed by atoms with E-state index in [1.165, 1.54) is 0 Å². The van der Waals surface area contributed by atoms with Crippen LogP contribution in [0.4, 0.5) is 13.2 Å². The van der Waals surface area contributed by atoms with Crippen LogP contribution in [0.25, 0.3) is 0 Å². The van der Waals surface area contributed by atoms with Crippen LogP contribution >= 0.6 is 0 Å². The zero-order valence-corrected chi connectivity index (χ0v) is 13.9. The summed E-state index contributed by atoms with van der Waals surface area (Å²) in [7, 11) is -3.06. The lowest BCUT2D eigenvalue weighted by atomic mass is 9.87. The Morgan fingerprint density at radius 2 is 1.61 bits per heavy atom. The number of alkyl halides is 3. The van der Waals surface area contributed by atoms with E-state index in [4.69, 9.17) is 0 Å². The molecule has 9 heteroatoms. The lowest BCUT2D eigenvalue weighted by Crippen LogP contribution is -2.49. The van der Waals surface area contributed by atoms with E-state index in [0.717, 1.165) is 19.2 Å². The van der Waals surface area contributed by atoms with Crippen molar-refractivity contribution < 1.29 is 31.1 Å². The second-order valence-electron chi connectivity index (χ2n) is 5.97. The molecule has 0 radical (unpaired) electrons. The van der Waals surface area contributed by atoms with E-state index in [9.17, 15) is 26.4 Å². The molecule has 5 nitrogen and oxygen atoms in total. The summed E-state index contributed by atoms with van der Waals surface area (Å²) in [5, 5.41) is 0. The average molecular weight is 353 g/mol. The van der Waals surface area contributed by atoms with Gasteiger partial charge < -0.3 is 4.74 Å². The first kappa shape index (κ1) is 19.4. The van der Waals surface area contributed by atoms with Crippen LogP contribution in [0.2, 0.25) is 0 Å². The first-order valence-corrected chi connectivity index (χ1v) is 8.05. The largest absolute Gasteiger partial charge is 0.468 e. The first-order chi connectivity index (χ1) is 10.3. The minimum absolute atomic E-state index is 0.372. The van der Waals surface area contributed by atoms with Crippen molar-refractivity contribution in [1.29, 1.82) is 0 Å². The van der Waals surface area contributed by atoms with E-state index >= 15 is 0 Å². The van der Waals surface area contributed by atoms with Crippen molar-refractivity contribution in [2.45, 2.75) is 37.9 Å². The van der Waals surface area contributed by atoms with Crippen molar-refractivity contribution in [3.8, 4) is 0 Å². The summed E-state index contributed by atoms with van der Waals surface area (Å²) >= 11 is 0. The molecule has 1 unspecified atom stereocenters. The third-order valence-electron chi connectivity index (χ3n) is 3.07. The van der Waals surface area contributed by atoms with E-state index in [2.05, 4.69) is 9.46 Å². The third kappa shape index (κ3) is 4.93. The molecule has 1 N–H and O–H groups in total. The molecule has 1 aromatic carbocycles. The molecule has 23 heavy (non-hydrogen) atoms. The maximum absolute atomic E-state index is 12.5. The standard InChI is InChI=1S/C14H18F3NO4S/c1-13(2,3)11(12(19)22-4)18-23(20,21)10-7-5-9(6-8-10)14(15,16)17/h5-8,11,18H,1-4H3. The molecular weight excluding hydrogens is 335 g/mol. The monoisotopic (exact) mass is 353 g/mol. The van der Waals surface area contributed by atoms with Gasteiger partial charge in [-0.1, -0.05) is 20.8 Å². The van der Waals surface area contributed by atoms with E-state index in [1.54, 1.807) is 20.8 Å². The molecule has 1 atom stereocenters. The molecule has 0 aromatic heterocycles. The summed E-state index contributed by atoms with van der Waals surface area (Å²) in [5.41, 5.74) is -1.75. The molecule has 0 spiro atoms. The van der Waals surface area contributed by atoms with Crippen molar-refractivity contribution in [3.05, 3.63) is 29.8 Å². The van der Waals surface area contributed by atoms with Crippen molar-refractivity contribution in [3.63, 3.8) is 0 Å². The molecule has 0 saturated carbocycles. The number of ether oxygens (including phenoxy) is 1. The van der Waals surface area contributed by atoms with Gasteiger partial charge in [0, 0.05) is 0 Å². The molecule has 1 aromatic rings. The Morgan fingerprint density at radius 1 is 1.13 bits per heavy atom. The molecule has 130 valence electrons. The number of rotatable bonds is 4. The Morgan fingerprint density at radius 3 is 1.96 bits per heavy atom. The Kier molecular flexibility index (Phi) is 5.48. The zero-order chi connectivity index (χ0) is 18.1. The normalized spacial score (nSPS) is 14.4. The predicted octanol–water partition coefficient (Wildman–Crippen LogP) is 2.57. The minimum atomic E-state index is -4.56. The SMILES string of the molecule is COC(=O)C(NS(=O)(=O)c1ccc(C(F)(F)F)cc1)C(C)(C)C. The van der Waals surface area contributed by atoms with Gasteiger partial charge in [-0.25, -0.2) is 8.42 Å². The van der Waals surface area contributed by atoms with Crippen LogP contribution in [0.15, 0.2) is 29.2 Å². The third-order valence-corrected chi connectivity index (χ3v) is 4.51. The number of benzene rings is 1.